The molecule has 186 valence electrons. The number of rotatable bonds is 11. The van der Waals surface area contributed by atoms with Crippen LogP contribution in [0.1, 0.15) is 42.2 Å². The Kier molecular flexibility index (Phi) is 9.39. The normalized spacial score (nSPS) is 12.2. The van der Waals surface area contributed by atoms with Gasteiger partial charge in [0.25, 0.3) is 5.91 Å². The molecule has 1 atom stereocenters. The summed E-state index contributed by atoms with van der Waals surface area (Å²) in [4.78, 5) is 24.4. The average molecular weight is 497 g/mol. The number of hydrogen-bond donors (Lipinski definition) is 1. The third-order valence-corrected chi connectivity index (χ3v) is 7.30. The Labute approximate surface area is 198 Å². The van der Waals surface area contributed by atoms with E-state index in [1.165, 1.54) is 27.4 Å². The van der Waals surface area contributed by atoms with Gasteiger partial charge in [0.05, 0.1) is 33.8 Å². The van der Waals surface area contributed by atoms with Crippen LogP contribution in [0.2, 0.25) is 0 Å². The summed E-state index contributed by atoms with van der Waals surface area (Å²) in [6.07, 6.45) is -0.205. The maximum atomic E-state index is 14.4. The van der Waals surface area contributed by atoms with Crippen molar-refractivity contribution >= 4 is 21.9 Å². The highest BCUT2D eigenvalue weighted by Crippen LogP contribution is 2.31. The summed E-state index contributed by atoms with van der Waals surface area (Å²) in [7, 11) is 0.0141. The summed E-state index contributed by atoms with van der Waals surface area (Å²) in [6, 6.07) is 7.13. The van der Waals surface area contributed by atoms with Gasteiger partial charge in [-0.25, -0.2) is 12.8 Å². The van der Waals surface area contributed by atoms with E-state index in [4.69, 9.17) is 14.2 Å². The first-order valence-electron chi connectivity index (χ1n) is 10.5. The molecule has 0 aliphatic carbocycles. The van der Waals surface area contributed by atoms with Gasteiger partial charge in [0, 0.05) is 18.7 Å². The molecule has 2 rings (SSSR count). The summed E-state index contributed by atoms with van der Waals surface area (Å²) in [6.45, 7) is 3.57. The molecular weight excluding hydrogens is 467 g/mol. The van der Waals surface area contributed by atoms with E-state index in [9.17, 15) is 22.4 Å². The predicted molar refractivity (Wildman–Crippen MR) is 123 cm³/mol. The van der Waals surface area contributed by atoms with Gasteiger partial charge in [-0.1, -0.05) is 19.9 Å². The summed E-state index contributed by atoms with van der Waals surface area (Å²) in [5.41, 5.74) is 0.442. The molecule has 1 N–H and O–H groups in total. The van der Waals surface area contributed by atoms with Crippen molar-refractivity contribution in [2.24, 2.45) is 0 Å². The van der Waals surface area contributed by atoms with Gasteiger partial charge in [0.2, 0.25) is 10.0 Å². The van der Waals surface area contributed by atoms with Gasteiger partial charge in [-0.15, -0.1) is 0 Å². The number of nitrogens with zero attached hydrogens (tertiary/aromatic N) is 1. The van der Waals surface area contributed by atoms with Gasteiger partial charge in [-0.05, 0) is 35.9 Å². The molecule has 0 saturated carbocycles. The van der Waals surface area contributed by atoms with Crippen LogP contribution >= 0.6 is 0 Å². The maximum absolute atomic E-state index is 14.4. The standard InChI is InChI=1S/C23H29FN2O7S/c1-6-26(7-2)34(29,30)21-13-16(8-10-17(21)24)23(28)25-18(14-22(27)33-5)15-9-11-19(31-3)20(12-15)32-4/h8-13,18H,6-7,14H2,1-5H3,(H,25,28). The van der Waals surface area contributed by atoms with Crippen molar-refractivity contribution in [3.63, 3.8) is 0 Å². The third kappa shape index (κ3) is 6.03. The highest BCUT2D eigenvalue weighted by atomic mass is 32.2. The Balaban J connectivity index is 2.44. The van der Waals surface area contributed by atoms with E-state index in [0.29, 0.717) is 17.1 Å². The number of carbonyl (C=O) groups excluding carboxylic acids is 2. The molecule has 1 unspecified atom stereocenters. The third-order valence-electron chi connectivity index (χ3n) is 5.23. The molecule has 0 bridgehead atoms. The Hall–Kier alpha value is -3.18. The first-order valence-corrected chi connectivity index (χ1v) is 12.0. The van der Waals surface area contributed by atoms with Crippen LogP contribution in [0, 0.1) is 5.82 Å². The number of sulfonamides is 1. The minimum absolute atomic E-state index is 0.0810. The number of carbonyl (C=O) groups is 2. The van der Waals surface area contributed by atoms with Crippen LogP contribution in [0.25, 0.3) is 0 Å². The van der Waals surface area contributed by atoms with Gasteiger partial charge in [-0.2, -0.15) is 4.31 Å². The summed E-state index contributed by atoms with van der Waals surface area (Å²) >= 11 is 0. The van der Waals surface area contributed by atoms with Crippen LogP contribution in [0.15, 0.2) is 41.3 Å². The Morgan fingerprint density at radius 2 is 1.65 bits per heavy atom. The number of hydrogen-bond acceptors (Lipinski definition) is 7. The number of nitrogens with one attached hydrogen (secondary N) is 1. The molecule has 2 aromatic rings. The Bertz CT molecular complexity index is 1130. The fourth-order valence-electron chi connectivity index (χ4n) is 3.36. The van der Waals surface area contributed by atoms with Gasteiger partial charge < -0.3 is 19.5 Å². The number of benzene rings is 2. The van der Waals surface area contributed by atoms with Crippen LogP contribution in [-0.2, 0) is 19.6 Å². The van der Waals surface area contributed by atoms with Crippen LogP contribution in [-0.4, -0.2) is 59.0 Å². The Morgan fingerprint density at radius 3 is 2.21 bits per heavy atom. The number of esters is 1. The van der Waals surface area contributed by atoms with E-state index in [0.717, 1.165) is 16.4 Å². The topological polar surface area (TPSA) is 111 Å². The van der Waals surface area contributed by atoms with Gasteiger partial charge >= 0.3 is 5.97 Å². The molecule has 9 nitrogen and oxygen atoms in total. The van der Waals surface area contributed by atoms with Crippen LogP contribution in [0.4, 0.5) is 4.39 Å². The van der Waals surface area contributed by atoms with Gasteiger partial charge in [-0.3, -0.25) is 9.59 Å². The van der Waals surface area contributed by atoms with E-state index in [-0.39, 0.29) is 25.1 Å². The fourth-order valence-corrected chi connectivity index (χ4v) is 4.91. The second-order valence-corrected chi connectivity index (χ2v) is 9.06. The highest BCUT2D eigenvalue weighted by Gasteiger charge is 2.27. The number of ether oxygens (including phenoxy) is 3. The van der Waals surface area contributed by atoms with Crippen molar-refractivity contribution in [2.45, 2.75) is 31.2 Å². The molecule has 0 aliphatic rings. The predicted octanol–water partition coefficient (Wildman–Crippen LogP) is 2.91. The minimum atomic E-state index is -4.13. The number of halogens is 1. The summed E-state index contributed by atoms with van der Waals surface area (Å²) < 4.78 is 56.4. The van der Waals surface area contributed by atoms with Crippen molar-refractivity contribution < 1.29 is 36.6 Å². The number of amides is 1. The zero-order valence-corrected chi connectivity index (χ0v) is 20.6. The second kappa shape index (κ2) is 11.8. The van der Waals surface area contributed by atoms with Crippen LogP contribution in [0.5, 0.6) is 11.5 Å². The quantitative estimate of drug-likeness (QED) is 0.476. The lowest BCUT2D eigenvalue weighted by Crippen LogP contribution is -2.32. The van der Waals surface area contributed by atoms with Gasteiger partial charge in [0.1, 0.15) is 10.7 Å². The van der Waals surface area contributed by atoms with E-state index in [1.807, 2.05) is 0 Å². The van der Waals surface area contributed by atoms with Crippen molar-refractivity contribution in [2.75, 3.05) is 34.4 Å². The minimum Gasteiger partial charge on any atom is -0.493 e. The molecule has 0 spiro atoms. The fraction of sp³-hybridized carbons (Fsp3) is 0.391. The largest absolute Gasteiger partial charge is 0.493 e. The van der Waals surface area contributed by atoms with Crippen LogP contribution < -0.4 is 14.8 Å². The number of methoxy groups -OCH3 is 3. The smallest absolute Gasteiger partial charge is 0.307 e. The van der Waals surface area contributed by atoms with Crippen molar-refractivity contribution in [1.82, 2.24) is 9.62 Å². The van der Waals surface area contributed by atoms with E-state index >= 15 is 0 Å². The molecule has 0 fully saturated rings. The SMILES string of the molecule is CCN(CC)S(=O)(=O)c1cc(C(=O)NC(CC(=O)OC)c2ccc(OC)c(OC)c2)ccc1F. The van der Waals surface area contributed by atoms with E-state index in [2.05, 4.69) is 5.32 Å². The van der Waals surface area contributed by atoms with Gasteiger partial charge in [0.15, 0.2) is 11.5 Å². The molecule has 0 saturated heterocycles. The lowest BCUT2D eigenvalue weighted by atomic mass is 10.0. The second-order valence-electron chi connectivity index (χ2n) is 7.16. The maximum Gasteiger partial charge on any atom is 0.307 e. The van der Waals surface area contributed by atoms with E-state index < -0.39 is 38.7 Å². The molecule has 0 heterocycles. The molecule has 0 aliphatic heterocycles. The molecule has 0 aromatic heterocycles. The zero-order valence-electron chi connectivity index (χ0n) is 19.8. The molecule has 34 heavy (non-hydrogen) atoms. The molecule has 1 amide bonds. The highest BCUT2D eigenvalue weighted by molar-refractivity contribution is 7.89. The van der Waals surface area contributed by atoms with Crippen molar-refractivity contribution in [3.8, 4) is 11.5 Å². The molecule has 11 heteroatoms. The monoisotopic (exact) mass is 496 g/mol. The van der Waals surface area contributed by atoms with Crippen molar-refractivity contribution in [3.05, 3.63) is 53.3 Å². The lowest BCUT2D eigenvalue weighted by molar-refractivity contribution is -0.141. The Morgan fingerprint density at radius 1 is 1.00 bits per heavy atom. The van der Waals surface area contributed by atoms with E-state index in [1.54, 1.807) is 32.0 Å². The average Bonchev–Trinajstić information content (AvgIpc) is 2.83. The molecular formula is C23H29FN2O7S. The zero-order chi connectivity index (χ0) is 25.5. The first kappa shape index (κ1) is 27.1. The first-order chi connectivity index (χ1) is 16.1. The molecule has 0 radical (unpaired) electrons. The van der Waals surface area contributed by atoms with Crippen molar-refractivity contribution in [1.29, 1.82) is 0 Å². The summed E-state index contributed by atoms with van der Waals surface area (Å²) in [5, 5.41) is 2.69. The summed E-state index contributed by atoms with van der Waals surface area (Å²) in [5.74, 6) is -1.39. The van der Waals surface area contributed by atoms with Crippen LogP contribution in [0.3, 0.4) is 0 Å². The molecule has 2 aromatic carbocycles. The lowest BCUT2D eigenvalue weighted by Gasteiger charge is -2.21.